The zero-order chi connectivity index (χ0) is 13.9. The van der Waals surface area contributed by atoms with Crippen LogP contribution in [0.3, 0.4) is 0 Å². The summed E-state index contributed by atoms with van der Waals surface area (Å²) in [7, 11) is -9.12. The van der Waals surface area contributed by atoms with Crippen molar-refractivity contribution < 1.29 is 32.3 Å². The number of rotatable bonds is 6. The fourth-order valence-corrected chi connectivity index (χ4v) is 5.06. The Morgan fingerprint density at radius 1 is 0.737 bits per heavy atom. The summed E-state index contributed by atoms with van der Waals surface area (Å²) in [6.45, 7) is 0. The van der Waals surface area contributed by atoms with Gasteiger partial charge in [-0.3, -0.25) is 9.05 Å². The van der Waals surface area contributed by atoms with Gasteiger partial charge in [0.15, 0.2) is 0 Å². The van der Waals surface area contributed by atoms with E-state index in [2.05, 4.69) is 4.31 Å². The molecule has 2 aliphatic rings. The molecule has 2 saturated carbocycles. The summed E-state index contributed by atoms with van der Waals surface area (Å²) in [6, 6.07) is 0. The van der Waals surface area contributed by atoms with Crippen LogP contribution < -0.4 is 0 Å². The molecule has 2 aliphatic carbocycles. The summed E-state index contributed by atoms with van der Waals surface area (Å²) < 4.78 is 37.4. The van der Waals surface area contributed by atoms with Gasteiger partial charge in [-0.2, -0.15) is 4.31 Å². The van der Waals surface area contributed by atoms with E-state index in [-0.39, 0.29) is 12.2 Å². The lowest BCUT2D eigenvalue weighted by atomic mass is 10.3. The van der Waals surface area contributed by atoms with Crippen LogP contribution in [0.5, 0.6) is 0 Å². The van der Waals surface area contributed by atoms with Crippen LogP contribution in [0.4, 0.5) is 0 Å². The molecule has 0 spiro atoms. The zero-order valence-corrected chi connectivity index (χ0v) is 12.4. The fraction of sp³-hybridized carbons (Fsp3) is 1.00. The molecule has 7 nitrogen and oxygen atoms in total. The van der Waals surface area contributed by atoms with Crippen molar-refractivity contribution in [1.82, 2.24) is 0 Å². The lowest BCUT2D eigenvalue weighted by Gasteiger charge is -2.20. The molecule has 2 rings (SSSR count). The van der Waals surface area contributed by atoms with Crippen LogP contribution in [-0.2, 0) is 22.5 Å². The van der Waals surface area contributed by atoms with E-state index in [1.165, 1.54) is 0 Å². The molecular formula is C10H20O7P2. The van der Waals surface area contributed by atoms with E-state index in [0.29, 0.717) is 25.7 Å². The maximum atomic E-state index is 11.7. The molecule has 19 heavy (non-hydrogen) atoms. The molecule has 2 fully saturated rings. The Morgan fingerprint density at radius 3 is 1.37 bits per heavy atom. The largest absolute Gasteiger partial charge is 0.481 e. The predicted molar refractivity (Wildman–Crippen MR) is 67.4 cm³/mol. The molecule has 0 heterocycles. The molecule has 2 unspecified atom stereocenters. The van der Waals surface area contributed by atoms with Crippen LogP contribution in [0.15, 0.2) is 0 Å². The van der Waals surface area contributed by atoms with Crippen molar-refractivity contribution in [3.05, 3.63) is 0 Å². The third-order valence-electron chi connectivity index (χ3n) is 3.38. The third-order valence-corrected chi connectivity index (χ3v) is 6.16. The molecule has 112 valence electrons. The maximum absolute atomic E-state index is 11.7. The summed E-state index contributed by atoms with van der Waals surface area (Å²) >= 11 is 0. The molecule has 0 bridgehead atoms. The first-order valence-corrected chi connectivity index (χ1v) is 9.59. The highest BCUT2D eigenvalue weighted by Gasteiger charge is 2.39. The topological polar surface area (TPSA) is 102 Å². The Bertz CT molecular complexity index is 351. The zero-order valence-electron chi connectivity index (χ0n) is 10.6. The second-order valence-electron chi connectivity index (χ2n) is 5.04. The number of phosphoric ester groups is 2. The first-order chi connectivity index (χ1) is 8.86. The Balaban J connectivity index is 1.85. The second kappa shape index (κ2) is 6.35. The maximum Gasteiger partial charge on any atom is 0.481 e. The van der Waals surface area contributed by atoms with Crippen molar-refractivity contribution in [3.8, 4) is 0 Å². The first kappa shape index (κ1) is 15.6. The molecule has 0 radical (unpaired) electrons. The van der Waals surface area contributed by atoms with E-state index in [4.69, 9.17) is 9.05 Å². The van der Waals surface area contributed by atoms with E-state index in [1.807, 2.05) is 0 Å². The van der Waals surface area contributed by atoms with Crippen molar-refractivity contribution in [2.45, 2.75) is 63.6 Å². The quantitative estimate of drug-likeness (QED) is 0.726. The van der Waals surface area contributed by atoms with Gasteiger partial charge in [-0.05, 0) is 25.7 Å². The molecule has 0 aromatic carbocycles. The SMILES string of the molecule is O=P(O)(OC1CCCC1)OP(=O)(O)OC1CCCC1. The number of phosphoric acid groups is 2. The predicted octanol–water partition coefficient (Wildman–Crippen LogP) is 3.12. The van der Waals surface area contributed by atoms with Gasteiger partial charge >= 0.3 is 15.6 Å². The van der Waals surface area contributed by atoms with Crippen molar-refractivity contribution in [3.63, 3.8) is 0 Å². The van der Waals surface area contributed by atoms with Crippen LogP contribution >= 0.6 is 15.6 Å². The first-order valence-electron chi connectivity index (χ1n) is 6.60. The van der Waals surface area contributed by atoms with Gasteiger partial charge in [-0.25, -0.2) is 9.13 Å². The van der Waals surface area contributed by atoms with E-state index < -0.39 is 15.6 Å². The van der Waals surface area contributed by atoms with Gasteiger partial charge in [0.1, 0.15) is 0 Å². The summed E-state index contributed by atoms with van der Waals surface area (Å²) in [5.41, 5.74) is 0. The average Bonchev–Trinajstić information content (AvgIpc) is 2.87. The van der Waals surface area contributed by atoms with Crippen molar-refractivity contribution in [1.29, 1.82) is 0 Å². The van der Waals surface area contributed by atoms with Crippen molar-refractivity contribution in [2.75, 3.05) is 0 Å². The molecule has 0 saturated heterocycles. The highest BCUT2D eigenvalue weighted by Crippen LogP contribution is 2.62. The Morgan fingerprint density at radius 2 is 1.05 bits per heavy atom. The van der Waals surface area contributed by atoms with Gasteiger partial charge in [0.25, 0.3) is 0 Å². The Labute approximate surface area is 112 Å². The van der Waals surface area contributed by atoms with E-state index >= 15 is 0 Å². The molecule has 0 amide bonds. The van der Waals surface area contributed by atoms with Crippen LogP contribution in [0, 0.1) is 0 Å². The smallest absolute Gasteiger partial charge is 0.302 e. The van der Waals surface area contributed by atoms with Crippen LogP contribution in [0.2, 0.25) is 0 Å². The summed E-state index contributed by atoms with van der Waals surface area (Å²) in [5, 5.41) is 0. The Kier molecular flexibility index (Phi) is 5.23. The minimum absolute atomic E-state index is 0.387. The summed E-state index contributed by atoms with van der Waals surface area (Å²) in [4.78, 5) is 19.0. The summed E-state index contributed by atoms with van der Waals surface area (Å²) in [6.07, 6.45) is 5.53. The van der Waals surface area contributed by atoms with Crippen LogP contribution in [-0.4, -0.2) is 22.0 Å². The van der Waals surface area contributed by atoms with Gasteiger partial charge in [-0.1, -0.05) is 25.7 Å². The van der Waals surface area contributed by atoms with Gasteiger partial charge in [0.05, 0.1) is 12.2 Å². The monoisotopic (exact) mass is 314 g/mol. The lowest BCUT2D eigenvalue weighted by Crippen LogP contribution is -2.09. The van der Waals surface area contributed by atoms with E-state index in [0.717, 1.165) is 25.7 Å². The Hall–Kier alpha value is 0.260. The van der Waals surface area contributed by atoms with Crippen LogP contribution in [0.25, 0.3) is 0 Å². The molecule has 9 heteroatoms. The van der Waals surface area contributed by atoms with Crippen molar-refractivity contribution >= 4 is 15.6 Å². The average molecular weight is 314 g/mol. The van der Waals surface area contributed by atoms with Gasteiger partial charge in [0, 0.05) is 0 Å². The fourth-order valence-electron chi connectivity index (χ4n) is 2.53. The van der Waals surface area contributed by atoms with Crippen LogP contribution in [0.1, 0.15) is 51.4 Å². The molecule has 0 aromatic heterocycles. The number of hydrogen-bond donors (Lipinski definition) is 2. The standard InChI is InChI=1S/C10H20O7P2/c11-18(12,15-9-5-1-2-6-9)17-19(13,14)16-10-7-3-4-8-10/h9-10H,1-8H2,(H,11,12)(H,13,14). The van der Waals surface area contributed by atoms with Gasteiger partial charge in [0.2, 0.25) is 0 Å². The lowest BCUT2D eigenvalue weighted by molar-refractivity contribution is 0.103. The normalized spacial score (nSPS) is 28.3. The van der Waals surface area contributed by atoms with Crippen molar-refractivity contribution in [2.24, 2.45) is 0 Å². The molecule has 2 N–H and O–H groups in total. The third kappa shape index (κ3) is 5.27. The minimum atomic E-state index is -4.56. The molecule has 0 aliphatic heterocycles. The second-order valence-corrected chi connectivity index (χ2v) is 7.99. The van der Waals surface area contributed by atoms with Gasteiger partial charge < -0.3 is 9.79 Å². The van der Waals surface area contributed by atoms with E-state index in [9.17, 15) is 18.9 Å². The van der Waals surface area contributed by atoms with Gasteiger partial charge in [-0.15, -0.1) is 0 Å². The molecule has 2 atom stereocenters. The number of hydrogen-bond acceptors (Lipinski definition) is 5. The highest BCUT2D eigenvalue weighted by atomic mass is 31.3. The summed E-state index contributed by atoms with van der Waals surface area (Å²) in [5.74, 6) is 0. The molecular weight excluding hydrogens is 294 g/mol. The minimum Gasteiger partial charge on any atom is -0.302 e. The highest BCUT2D eigenvalue weighted by molar-refractivity contribution is 7.61. The molecule has 0 aromatic rings. The van der Waals surface area contributed by atoms with E-state index in [1.54, 1.807) is 0 Å².